The molecule has 0 bridgehead atoms. The van der Waals surface area contributed by atoms with E-state index in [1.807, 2.05) is 6.92 Å². The van der Waals surface area contributed by atoms with Gasteiger partial charge in [-0.25, -0.2) is 9.97 Å². The Morgan fingerprint density at radius 3 is 2.43 bits per heavy atom. The minimum absolute atomic E-state index is 0.545. The first-order valence-corrected chi connectivity index (χ1v) is 8.36. The molecule has 2 N–H and O–H groups in total. The van der Waals surface area contributed by atoms with Crippen LogP contribution in [0.5, 0.6) is 0 Å². The largest absolute Gasteiger partial charge is 0.370 e. The fourth-order valence-corrected chi connectivity index (χ4v) is 3.06. The van der Waals surface area contributed by atoms with Crippen LogP contribution in [0.4, 0.5) is 11.6 Å². The fraction of sp³-hybridized carbons (Fsp3) is 0.765. The van der Waals surface area contributed by atoms with Gasteiger partial charge in [0.05, 0.1) is 0 Å². The quantitative estimate of drug-likeness (QED) is 0.855. The van der Waals surface area contributed by atoms with Crippen LogP contribution in [0.1, 0.15) is 57.8 Å². The molecule has 0 spiro atoms. The van der Waals surface area contributed by atoms with Gasteiger partial charge in [0.1, 0.15) is 17.5 Å². The third-order valence-electron chi connectivity index (χ3n) is 4.74. The Balaban J connectivity index is 2.10. The maximum Gasteiger partial charge on any atom is 0.134 e. The minimum atomic E-state index is 0.545. The number of hydrogen-bond acceptors (Lipinski definition) is 4. The lowest BCUT2D eigenvalue weighted by atomic mass is 9.79. The van der Waals surface area contributed by atoms with Crippen molar-refractivity contribution in [3.63, 3.8) is 0 Å². The number of hydrogen-bond donors (Lipinski definition) is 2. The molecule has 0 amide bonds. The summed E-state index contributed by atoms with van der Waals surface area (Å²) in [5.74, 6) is 4.45. The predicted molar refractivity (Wildman–Crippen MR) is 89.9 cm³/mol. The molecule has 0 aromatic carbocycles. The van der Waals surface area contributed by atoms with Gasteiger partial charge in [-0.2, -0.15) is 0 Å². The van der Waals surface area contributed by atoms with Crippen molar-refractivity contribution in [3.05, 3.63) is 11.4 Å². The summed E-state index contributed by atoms with van der Waals surface area (Å²) in [4.78, 5) is 9.15. The van der Waals surface area contributed by atoms with E-state index in [2.05, 4.69) is 48.3 Å². The van der Waals surface area contributed by atoms with E-state index in [1.54, 1.807) is 0 Å². The molecule has 1 aliphatic rings. The van der Waals surface area contributed by atoms with Gasteiger partial charge in [0.15, 0.2) is 0 Å². The van der Waals surface area contributed by atoms with Crippen LogP contribution in [-0.4, -0.2) is 22.6 Å². The van der Waals surface area contributed by atoms with Crippen molar-refractivity contribution in [2.45, 2.75) is 66.3 Å². The zero-order valence-electron chi connectivity index (χ0n) is 14.2. The average Bonchev–Trinajstić information content (AvgIpc) is 2.45. The Labute approximate surface area is 129 Å². The SMILES string of the molecule is CCCNc1nc(C)nc(NC2CCC(C)C(C)C2)c1C. The molecular formula is C17H30N4. The second kappa shape index (κ2) is 7.10. The van der Waals surface area contributed by atoms with E-state index >= 15 is 0 Å². The topological polar surface area (TPSA) is 49.8 Å². The van der Waals surface area contributed by atoms with Gasteiger partial charge in [-0.3, -0.25) is 0 Å². The molecule has 118 valence electrons. The molecule has 1 aromatic heterocycles. The molecule has 1 heterocycles. The maximum absolute atomic E-state index is 4.62. The van der Waals surface area contributed by atoms with Crippen LogP contribution in [0.15, 0.2) is 0 Å². The van der Waals surface area contributed by atoms with E-state index in [-0.39, 0.29) is 0 Å². The third kappa shape index (κ3) is 4.08. The van der Waals surface area contributed by atoms with Gasteiger partial charge in [0.2, 0.25) is 0 Å². The lowest BCUT2D eigenvalue weighted by Gasteiger charge is -2.33. The number of nitrogens with one attached hydrogen (secondary N) is 2. The Morgan fingerprint density at radius 1 is 1.05 bits per heavy atom. The van der Waals surface area contributed by atoms with Gasteiger partial charge in [0, 0.05) is 18.2 Å². The van der Waals surface area contributed by atoms with Crippen molar-refractivity contribution in [1.29, 1.82) is 0 Å². The standard InChI is InChI=1S/C17H30N4/c1-6-9-18-16-13(4)17(20-14(5)19-16)21-15-8-7-11(2)12(3)10-15/h11-12,15H,6-10H2,1-5H3,(H2,18,19,20,21). The van der Waals surface area contributed by atoms with E-state index in [0.29, 0.717) is 6.04 Å². The molecule has 4 heteroatoms. The van der Waals surface area contributed by atoms with E-state index in [4.69, 9.17) is 0 Å². The molecule has 4 nitrogen and oxygen atoms in total. The molecule has 21 heavy (non-hydrogen) atoms. The van der Waals surface area contributed by atoms with Crippen molar-refractivity contribution >= 4 is 11.6 Å². The Hall–Kier alpha value is -1.32. The molecule has 0 aliphatic heterocycles. The van der Waals surface area contributed by atoms with Crippen molar-refractivity contribution in [1.82, 2.24) is 9.97 Å². The van der Waals surface area contributed by atoms with Crippen molar-refractivity contribution in [3.8, 4) is 0 Å². The summed E-state index contributed by atoms with van der Waals surface area (Å²) in [5.41, 5.74) is 1.14. The van der Waals surface area contributed by atoms with Gasteiger partial charge in [-0.1, -0.05) is 20.8 Å². The molecule has 1 fully saturated rings. The number of anilines is 2. The zero-order chi connectivity index (χ0) is 15.4. The van der Waals surface area contributed by atoms with E-state index < -0.39 is 0 Å². The number of aromatic nitrogens is 2. The van der Waals surface area contributed by atoms with Crippen molar-refractivity contribution in [2.24, 2.45) is 11.8 Å². The molecule has 2 rings (SSSR count). The van der Waals surface area contributed by atoms with Crippen LogP contribution in [-0.2, 0) is 0 Å². The Kier molecular flexibility index (Phi) is 5.43. The van der Waals surface area contributed by atoms with Crippen LogP contribution in [0.2, 0.25) is 0 Å². The predicted octanol–water partition coefficient (Wildman–Crippen LogP) is 4.15. The Morgan fingerprint density at radius 2 is 1.76 bits per heavy atom. The van der Waals surface area contributed by atoms with E-state index in [1.165, 1.54) is 19.3 Å². The fourth-order valence-electron chi connectivity index (χ4n) is 3.06. The Bertz CT molecular complexity index is 472. The van der Waals surface area contributed by atoms with Crippen LogP contribution in [0.3, 0.4) is 0 Å². The summed E-state index contributed by atoms with van der Waals surface area (Å²) < 4.78 is 0. The molecule has 3 atom stereocenters. The second-order valence-electron chi connectivity index (χ2n) is 6.63. The molecule has 0 radical (unpaired) electrons. The number of nitrogens with zero attached hydrogens (tertiary/aromatic N) is 2. The summed E-state index contributed by atoms with van der Waals surface area (Å²) in [6.07, 6.45) is 4.89. The maximum atomic E-state index is 4.62. The third-order valence-corrected chi connectivity index (χ3v) is 4.74. The van der Waals surface area contributed by atoms with Gasteiger partial charge in [-0.15, -0.1) is 0 Å². The first-order chi connectivity index (χ1) is 10.0. The highest BCUT2D eigenvalue weighted by Gasteiger charge is 2.25. The number of rotatable bonds is 5. The van der Waals surface area contributed by atoms with Crippen molar-refractivity contribution in [2.75, 3.05) is 17.2 Å². The zero-order valence-corrected chi connectivity index (χ0v) is 14.2. The van der Waals surface area contributed by atoms with E-state index in [9.17, 15) is 0 Å². The van der Waals surface area contributed by atoms with Gasteiger partial charge < -0.3 is 10.6 Å². The monoisotopic (exact) mass is 290 g/mol. The highest BCUT2D eigenvalue weighted by molar-refractivity contribution is 5.57. The molecule has 1 saturated carbocycles. The minimum Gasteiger partial charge on any atom is -0.370 e. The highest BCUT2D eigenvalue weighted by atomic mass is 15.1. The summed E-state index contributed by atoms with van der Waals surface area (Å²) in [7, 11) is 0. The first-order valence-electron chi connectivity index (χ1n) is 8.36. The first kappa shape index (κ1) is 16.1. The molecule has 3 unspecified atom stereocenters. The van der Waals surface area contributed by atoms with Gasteiger partial charge in [0.25, 0.3) is 0 Å². The lowest BCUT2D eigenvalue weighted by molar-refractivity contribution is 0.260. The average molecular weight is 290 g/mol. The van der Waals surface area contributed by atoms with Gasteiger partial charge >= 0.3 is 0 Å². The van der Waals surface area contributed by atoms with Crippen LogP contribution in [0, 0.1) is 25.7 Å². The second-order valence-corrected chi connectivity index (χ2v) is 6.63. The van der Waals surface area contributed by atoms with Crippen molar-refractivity contribution < 1.29 is 0 Å². The summed E-state index contributed by atoms with van der Waals surface area (Å²) >= 11 is 0. The van der Waals surface area contributed by atoms with Crippen LogP contribution >= 0.6 is 0 Å². The molecule has 1 aliphatic carbocycles. The normalized spacial score (nSPS) is 25.7. The van der Waals surface area contributed by atoms with Crippen LogP contribution in [0.25, 0.3) is 0 Å². The van der Waals surface area contributed by atoms with Gasteiger partial charge in [-0.05, 0) is 51.4 Å². The van der Waals surface area contributed by atoms with E-state index in [0.717, 1.165) is 47.8 Å². The molecule has 1 aromatic rings. The smallest absolute Gasteiger partial charge is 0.134 e. The number of aryl methyl sites for hydroxylation is 1. The highest BCUT2D eigenvalue weighted by Crippen LogP contribution is 2.31. The summed E-state index contributed by atoms with van der Waals surface area (Å²) in [6, 6.07) is 0.545. The lowest BCUT2D eigenvalue weighted by Crippen LogP contribution is -2.31. The molecule has 0 saturated heterocycles. The summed E-state index contributed by atoms with van der Waals surface area (Å²) in [6.45, 7) is 11.9. The van der Waals surface area contributed by atoms with Crippen LogP contribution < -0.4 is 10.6 Å². The summed E-state index contributed by atoms with van der Waals surface area (Å²) in [5, 5.41) is 7.07. The molecular weight excluding hydrogens is 260 g/mol.